The van der Waals surface area contributed by atoms with Gasteiger partial charge in [-0.3, -0.25) is 20.2 Å². The van der Waals surface area contributed by atoms with Crippen LogP contribution in [0.4, 0.5) is 0 Å². The topological polar surface area (TPSA) is 62.2 Å². The first-order valence-corrected chi connectivity index (χ1v) is 11.9. The Bertz CT molecular complexity index is 1010. The van der Waals surface area contributed by atoms with Crippen LogP contribution in [0.25, 0.3) is 5.69 Å². The first kappa shape index (κ1) is 21.6. The highest BCUT2D eigenvalue weighted by Crippen LogP contribution is 2.24. The molecule has 31 heavy (non-hydrogen) atoms. The molecule has 7 heteroatoms. The maximum absolute atomic E-state index is 13.0. The molecule has 0 spiro atoms. The molecule has 2 N–H and O–H groups in total. The van der Waals surface area contributed by atoms with E-state index in [1.54, 1.807) is 18.0 Å². The van der Waals surface area contributed by atoms with Gasteiger partial charge in [-0.25, -0.2) is 4.98 Å². The highest BCUT2D eigenvalue weighted by molar-refractivity contribution is 7.98. The van der Waals surface area contributed by atoms with Gasteiger partial charge in [0.15, 0.2) is 5.16 Å². The Balaban J connectivity index is 1.29. The summed E-state index contributed by atoms with van der Waals surface area (Å²) < 4.78 is 2.00. The number of nitrogens with zero attached hydrogens (tertiary/aromatic N) is 3. The number of thioether (sulfide) groups is 1. The lowest BCUT2D eigenvalue weighted by Crippen LogP contribution is -2.32. The van der Waals surface area contributed by atoms with Crippen molar-refractivity contribution in [3.05, 3.63) is 78.1 Å². The second-order valence-electron chi connectivity index (χ2n) is 7.89. The molecule has 4 rings (SSSR count). The van der Waals surface area contributed by atoms with E-state index < -0.39 is 0 Å². The quantitative estimate of drug-likeness (QED) is 0.523. The summed E-state index contributed by atoms with van der Waals surface area (Å²) in [5.74, 6) is 0.0485. The molecule has 1 amide bonds. The zero-order chi connectivity index (χ0) is 21.6. The number of amides is 1. The van der Waals surface area contributed by atoms with E-state index in [4.69, 9.17) is 0 Å². The smallest absolute Gasteiger partial charge is 0.253 e. The number of rotatable bonds is 8. The van der Waals surface area contributed by atoms with Crippen LogP contribution >= 0.6 is 11.8 Å². The second-order valence-corrected chi connectivity index (χ2v) is 8.66. The number of hydrogen-bond acceptors (Lipinski definition) is 5. The standard InChI is InChI=1S/C24H29N5OS/c1-28(14-7-11-20-17-22(27-26-20)18-8-4-3-5-9-18)23(30)19-10-6-12-21(16-19)29-15-13-25-24(29)31-2/h3-6,8-10,12-13,15-16,20,22,26-27H,7,11,14,17H2,1-2H3. The minimum Gasteiger partial charge on any atom is -0.342 e. The van der Waals surface area contributed by atoms with Gasteiger partial charge in [-0.15, -0.1) is 0 Å². The highest BCUT2D eigenvalue weighted by atomic mass is 32.2. The molecule has 2 atom stereocenters. The van der Waals surface area contributed by atoms with Crippen LogP contribution < -0.4 is 10.9 Å². The third-order valence-corrected chi connectivity index (χ3v) is 6.40. The molecule has 6 nitrogen and oxygen atoms in total. The predicted octanol–water partition coefficient (Wildman–Crippen LogP) is 4.05. The van der Waals surface area contributed by atoms with Crippen molar-refractivity contribution in [1.29, 1.82) is 0 Å². The summed E-state index contributed by atoms with van der Waals surface area (Å²) in [6, 6.07) is 19.0. The lowest BCUT2D eigenvalue weighted by atomic mass is 10.00. The average Bonchev–Trinajstić information content (AvgIpc) is 3.49. The molecule has 1 aromatic heterocycles. The SMILES string of the molecule is CSc1nccn1-c1cccc(C(=O)N(C)CCCC2CC(c3ccccc3)NN2)c1. The number of hydrogen-bond donors (Lipinski definition) is 2. The molecule has 2 aromatic carbocycles. The number of aromatic nitrogens is 2. The largest absolute Gasteiger partial charge is 0.342 e. The van der Waals surface area contributed by atoms with Crippen molar-refractivity contribution in [2.24, 2.45) is 0 Å². The molecule has 0 aliphatic carbocycles. The summed E-state index contributed by atoms with van der Waals surface area (Å²) in [5.41, 5.74) is 9.77. The van der Waals surface area contributed by atoms with Gasteiger partial charge in [0, 0.05) is 49.3 Å². The Morgan fingerprint density at radius 1 is 1.19 bits per heavy atom. The summed E-state index contributed by atoms with van der Waals surface area (Å²) in [4.78, 5) is 19.1. The van der Waals surface area contributed by atoms with Gasteiger partial charge in [-0.05, 0) is 49.3 Å². The molecule has 2 heterocycles. The van der Waals surface area contributed by atoms with Crippen LogP contribution in [-0.4, -0.2) is 46.2 Å². The molecule has 162 valence electrons. The van der Waals surface area contributed by atoms with E-state index in [0.717, 1.165) is 36.7 Å². The molecule has 0 saturated carbocycles. The Labute approximate surface area is 188 Å². The second kappa shape index (κ2) is 10.1. The van der Waals surface area contributed by atoms with Crippen molar-refractivity contribution in [2.45, 2.75) is 36.5 Å². The van der Waals surface area contributed by atoms with Crippen LogP contribution in [0, 0.1) is 0 Å². The third kappa shape index (κ3) is 5.18. The summed E-state index contributed by atoms with van der Waals surface area (Å²) >= 11 is 1.58. The average molecular weight is 436 g/mol. The van der Waals surface area contributed by atoms with Crippen LogP contribution in [0.15, 0.2) is 72.1 Å². The highest BCUT2D eigenvalue weighted by Gasteiger charge is 2.24. The van der Waals surface area contributed by atoms with E-state index in [0.29, 0.717) is 17.6 Å². The van der Waals surface area contributed by atoms with Gasteiger partial charge in [-0.2, -0.15) is 0 Å². The number of carbonyl (C=O) groups is 1. The van der Waals surface area contributed by atoms with Crippen molar-refractivity contribution < 1.29 is 4.79 Å². The monoisotopic (exact) mass is 435 g/mol. The molecular formula is C24H29N5OS. The Morgan fingerprint density at radius 3 is 2.84 bits per heavy atom. The van der Waals surface area contributed by atoms with E-state index >= 15 is 0 Å². The first-order valence-electron chi connectivity index (χ1n) is 10.6. The fourth-order valence-corrected chi connectivity index (χ4v) is 4.57. The van der Waals surface area contributed by atoms with Crippen molar-refractivity contribution in [3.8, 4) is 5.69 Å². The lowest BCUT2D eigenvalue weighted by Gasteiger charge is -2.19. The summed E-state index contributed by atoms with van der Waals surface area (Å²) in [6.07, 6.45) is 8.75. The third-order valence-electron chi connectivity index (χ3n) is 5.74. The van der Waals surface area contributed by atoms with E-state index in [1.165, 1.54) is 5.56 Å². The Morgan fingerprint density at radius 2 is 2.03 bits per heavy atom. The van der Waals surface area contributed by atoms with Gasteiger partial charge in [0.2, 0.25) is 0 Å². The number of imidazole rings is 1. The van der Waals surface area contributed by atoms with Crippen LogP contribution in [0.2, 0.25) is 0 Å². The molecular weight excluding hydrogens is 406 g/mol. The fourth-order valence-electron chi connectivity index (χ4n) is 4.04. The van der Waals surface area contributed by atoms with Crippen LogP contribution in [0.3, 0.4) is 0 Å². The van der Waals surface area contributed by atoms with Gasteiger partial charge in [-0.1, -0.05) is 48.2 Å². The van der Waals surface area contributed by atoms with Crippen LogP contribution in [-0.2, 0) is 0 Å². The molecule has 3 aromatic rings. The van der Waals surface area contributed by atoms with Crippen LogP contribution in [0.1, 0.15) is 41.2 Å². The summed E-state index contributed by atoms with van der Waals surface area (Å²) in [7, 11) is 1.88. The molecule has 0 radical (unpaired) electrons. The number of nitrogens with one attached hydrogen (secondary N) is 2. The normalized spacial score (nSPS) is 18.3. The van der Waals surface area contributed by atoms with Crippen molar-refractivity contribution >= 4 is 17.7 Å². The lowest BCUT2D eigenvalue weighted by molar-refractivity contribution is 0.0791. The Hall–Kier alpha value is -2.61. The number of benzene rings is 2. The van der Waals surface area contributed by atoms with E-state index in [1.807, 2.05) is 59.3 Å². The summed E-state index contributed by atoms with van der Waals surface area (Å²) in [6.45, 7) is 0.735. The Kier molecular flexibility index (Phi) is 7.06. The zero-order valence-corrected chi connectivity index (χ0v) is 18.8. The molecule has 1 saturated heterocycles. The molecule has 1 aliphatic heterocycles. The summed E-state index contributed by atoms with van der Waals surface area (Å²) in [5, 5.41) is 0.907. The molecule has 1 fully saturated rings. The maximum Gasteiger partial charge on any atom is 0.253 e. The maximum atomic E-state index is 13.0. The first-order chi connectivity index (χ1) is 15.2. The number of hydrazine groups is 1. The van der Waals surface area contributed by atoms with Gasteiger partial charge in [0.25, 0.3) is 5.91 Å². The predicted molar refractivity (Wildman–Crippen MR) is 125 cm³/mol. The van der Waals surface area contributed by atoms with Gasteiger partial charge in [0.05, 0.1) is 0 Å². The van der Waals surface area contributed by atoms with Crippen molar-refractivity contribution in [3.63, 3.8) is 0 Å². The van der Waals surface area contributed by atoms with E-state index in [9.17, 15) is 4.79 Å². The minimum atomic E-state index is 0.0485. The van der Waals surface area contributed by atoms with E-state index in [2.05, 4.69) is 40.1 Å². The van der Waals surface area contributed by atoms with Gasteiger partial charge >= 0.3 is 0 Å². The van der Waals surface area contributed by atoms with E-state index in [-0.39, 0.29) is 5.91 Å². The molecule has 0 bridgehead atoms. The van der Waals surface area contributed by atoms with Gasteiger partial charge < -0.3 is 4.90 Å². The van der Waals surface area contributed by atoms with Crippen molar-refractivity contribution in [1.82, 2.24) is 25.3 Å². The zero-order valence-electron chi connectivity index (χ0n) is 18.0. The molecule has 2 unspecified atom stereocenters. The molecule has 1 aliphatic rings. The van der Waals surface area contributed by atoms with Crippen LogP contribution in [0.5, 0.6) is 0 Å². The van der Waals surface area contributed by atoms with Crippen molar-refractivity contribution in [2.75, 3.05) is 19.8 Å². The minimum absolute atomic E-state index is 0.0485. The fraction of sp³-hybridized carbons (Fsp3) is 0.333. The number of carbonyl (C=O) groups excluding carboxylic acids is 1. The van der Waals surface area contributed by atoms with Gasteiger partial charge in [0.1, 0.15) is 0 Å².